The highest BCUT2D eigenvalue weighted by Crippen LogP contribution is 2.30. The maximum absolute atomic E-state index is 13.1. The molecule has 1 aromatic carbocycles. The van der Waals surface area contributed by atoms with Crippen molar-refractivity contribution in [2.75, 3.05) is 18.4 Å². The molecule has 1 unspecified atom stereocenters. The predicted octanol–water partition coefficient (Wildman–Crippen LogP) is 4.39. The van der Waals surface area contributed by atoms with E-state index < -0.39 is 0 Å². The maximum atomic E-state index is 13.1. The minimum Gasteiger partial charge on any atom is -0.366 e. The van der Waals surface area contributed by atoms with Gasteiger partial charge in [-0.05, 0) is 64.7 Å². The molecule has 4 heterocycles. The number of likely N-dealkylation sites (tertiary alicyclic amines) is 1. The average Bonchev–Trinajstić information content (AvgIpc) is 3.28. The van der Waals surface area contributed by atoms with Crippen LogP contribution in [0.2, 0.25) is 0 Å². The van der Waals surface area contributed by atoms with Crippen LogP contribution in [0.4, 0.5) is 5.82 Å². The van der Waals surface area contributed by atoms with Crippen molar-refractivity contribution in [1.29, 1.82) is 5.26 Å². The molecule has 1 aliphatic rings. The Morgan fingerprint density at radius 3 is 2.85 bits per heavy atom. The molecule has 34 heavy (non-hydrogen) atoms. The highest BCUT2D eigenvalue weighted by Gasteiger charge is 2.27. The van der Waals surface area contributed by atoms with Gasteiger partial charge in [-0.15, -0.1) is 0 Å². The summed E-state index contributed by atoms with van der Waals surface area (Å²) in [5, 5.41) is 16.9. The molecule has 1 fully saturated rings. The van der Waals surface area contributed by atoms with Crippen molar-refractivity contribution >= 4 is 33.3 Å². The van der Waals surface area contributed by atoms with Gasteiger partial charge in [0.25, 0.3) is 5.91 Å². The highest BCUT2D eigenvalue weighted by atomic mass is 79.9. The van der Waals surface area contributed by atoms with Gasteiger partial charge in [0, 0.05) is 49.6 Å². The van der Waals surface area contributed by atoms with Crippen molar-refractivity contribution in [1.82, 2.24) is 24.5 Å². The molecule has 0 aliphatic carbocycles. The summed E-state index contributed by atoms with van der Waals surface area (Å²) in [5.74, 6) is 0.933. The lowest BCUT2D eigenvalue weighted by Gasteiger charge is -2.32. The van der Waals surface area contributed by atoms with Crippen LogP contribution in [0, 0.1) is 11.3 Å². The topological polar surface area (TPSA) is 99.2 Å². The molecule has 5 rings (SSSR count). The van der Waals surface area contributed by atoms with Gasteiger partial charge < -0.3 is 10.2 Å². The molecule has 1 N–H and O–H groups in total. The molecule has 170 valence electrons. The van der Waals surface area contributed by atoms with E-state index in [0.29, 0.717) is 30.8 Å². The van der Waals surface area contributed by atoms with Gasteiger partial charge in [-0.25, -0.2) is 4.98 Å². The zero-order chi connectivity index (χ0) is 23.5. The lowest BCUT2D eigenvalue weighted by atomic mass is 9.93. The summed E-state index contributed by atoms with van der Waals surface area (Å²) in [4.78, 5) is 24.1. The fourth-order valence-corrected chi connectivity index (χ4v) is 4.61. The van der Waals surface area contributed by atoms with Gasteiger partial charge in [0.1, 0.15) is 5.82 Å². The third-order valence-corrected chi connectivity index (χ3v) is 6.59. The first-order valence-corrected chi connectivity index (χ1v) is 11.9. The molecule has 1 aliphatic heterocycles. The van der Waals surface area contributed by atoms with Gasteiger partial charge in [-0.2, -0.15) is 14.9 Å². The number of nitrogens with one attached hydrogen (secondary N) is 1. The van der Waals surface area contributed by atoms with E-state index in [1.54, 1.807) is 41.2 Å². The van der Waals surface area contributed by atoms with E-state index in [4.69, 9.17) is 10.2 Å². The fraction of sp³-hybridized carbons (Fsp3) is 0.240. The van der Waals surface area contributed by atoms with E-state index in [1.165, 1.54) is 0 Å². The van der Waals surface area contributed by atoms with Crippen molar-refractivity contribution in [2.45, 2.75) is 25.3 Å². The molecule has 4 aromatic rings. The minimum absolute atomic E-state index is 0.0178. The Morgan fingerprint density at radius 2 is 2.09 bits per heavy atom. The Kier molecular flexibility index (Phi) is 6.23. The minimum atomic E-state index is -0.0178. The Hall–Kier alpha value is -3.77. The molecule has 0 bridgehead atoms. The number of halogens is 1. The van der Waals surface area contributed by atoms with Crippen molar-refractivity contribution in [3.8, 4) is 6.07 Å². The average molecular weight is 516 g/mol. The van der Waals surface area contributed by atoms with Crippen molar-refractivity contribution in [3.05, 3.63) is 87.9 Å². The monoisotopic (exact) mass is 515 g/mol. The number of nitriles is 1. The van der Waals surface area contributed by atoms with E-state index in [-0.39, 0.29) is 11.8 Å². The summed E-state index contributed by atoms with van der Waals surface area (Å²) in [5.41, 5.74) is 3.88. The summed E-state index contributed by atoms with van der Waals surface area (Å²) in [6.45, 7) is 1.91. The predicted molar refractivity (Wildman–Crippen MR) is 131 cm³/mol. The quantitative estimate of drug-likeness (QED) is 0.423. The SMILES string of the molecule is N#Cc1ccc(C(=O)N2CCCC(c3cc(NCc4cccnc4)n4ncc(Br)c4n3)C2)cc1. The van der Waals surface area contributed by atoms with Gasteiger partial charge in [-0.3, -0.25) is 9.78 Å². The second kappa shape index (κ2) is 9.61. The normalized spacial score (nSPS) is 15.8. The first kappa shape index (κ1) is 22.0. The van der Waals surface area contributed by atoms with E-state index in [1.807, 2.05) is 29.3 Å². The van der Waals surface area contributed by atoms with Crippen LogP contribution in [0.5, 0.6) is 0 Å². The third kappa shape index (κ3) is 4.50. The standard InChI is InChI=1S/C25H22BrN7O/c26-21-15-30-33-23(29-14-18-3-1-9-28-13-18)11-22(31-24(21)33)20-4-2-10-32(16-20)25(34)19-7-5-17(12-27)6-8-19/h1,3,5-9,11,13,15,20,29H,2,4,10,14,16H2. The van der Waals surface area contributed by atoms with Crippen LogP contribution in [-0.4, -0.2) is 43.5 Å². The summed E-state index contributed by atoms with van der Waals surface area (Å²) < 4.78 is 2.60. The Balaban J connectivity index is 1.39. The van der Waals surface area contributed by atoms with Gasteiger partial charge in [-0.1, -0.05) is 6.07 Å². The van der Waals surface area contributed by atoms with E-state index in [0.717, 1.165) is 40.0 Å². The van der Waals surface area contributed by atoms with Crippen LogP contribution in [0.15, 0.2) is 65.5 Å². The number of hydrogen-bond donors (Lipinski definition) is 1. The summed E-state index contributed by atoms with van der Waals surface area (Å²) >= 11 is 3.56. The van der Waals surface area contributed by atoms with Gasteiger partial charge in [0.05, 0.1) is 28.0 Å². The van der Waals surface area contributed by atoms with Gasteiger partial charge >= 0.3 is 0 Å². The molecule has 0 spiro atoms. The molecule has 1 atom stereocenters. The van der Waals surface area contributed by atoms with Crippen LogP contribution in [0.25, 0.3) is 5.65 Å². The zero-order valence-electron chi connectivity index (χ0n) is 18.4. The number of carbonyl (C=O) groups excluding carboxylic acids is 1. The first-order valence-electron chi connectivity index (χ1n) is 11.1. The van der Waals surface area contributed by atoms with Crippen LogP contribution < -0.4 is 5.32 Å². The molecule has 1 amide bonds. The molecule has 9 heteroatoms. The molecular weight excluding hydrogens is 494 g/mol. The lowest BCUT2D eigenvalue weighted by molar-refractivity contribution is 0.0706. The van der Waals surface area contributed by atoms with Crippen molar-refractivity contribution in [3.63, 3.8) is 0 Å². The number of hydrogen-bond acceptors (Lipinski definition) is 6. The zero-order valence-corrected chi connectivity index (χ0v) is 19.9. The van der Waals surface area contributed by atoms with Crippen LogP contribution in [0.1, 0.15) is 45.9 Å². The number of nitrogens with zero attached hydrogens (tertiary/aromatic N) is 6. The number of aromatic nitrogens is 4. The third-order valence-electron chi connectivity index (χ3n) is 6.03. The summed E-state index contributed by atoms with van der Waals surface area (Å²) in [6.07, 6.45) is 7.18. The number of benzene rings is 1. The summed E-state index contributed by atoms with van der Waals surface area (Å²) in [6, 6.07) is 14.9. The number of rotatable bonds is 5. The van der Waals surface area contributed by atoms with E-state index in [9.17, 15) is 4.79 Å². The number of piperidine rings is 1. The van der Waals surface area contributed by atoms with Crippen LogP contribution in [-0.2, 0) is 6.54 Å². The van der Waals surface area contributed by atoms with Crippen LogP contribution in [0.3, 0.4) is 0 Å². The molecule has 3 aromatic heterocycles. The smallest absolute Gasteiger partial charge is 0.253 e. The largest absolute Gasteiger partial charge is 0.366 e. The van der Waals surface area contributed by atoms with E-state index >= 15 is 0 Å². The molecule has 8 nitrogen and oxygen atoms in total. The molecule has 0 radical (unpaired) electrons. The number of anilines is 1. The van der Waals surface area contributed by atoms with Gasteiger partial charge in [0.15, 0.2) is 5.65 Å². The number of fused-ring (bicyclic) bond motifs is 1. The fourth-order valence-electron chi connectivity index (χ4n) is 4.26. The number of pyridine rings is 1. The van der Waals surface area contributed by atoms with E-state index in [2.05, 4.69) is 37.4 Å². The highest BCUT2D eigenvalue weighted by molar-refractivity contribution is 9.10. The van der Waals surface area contributed by atoms with Gasteiger partial charge in [0.2, 0.25) is 0 Å². The van der Waals surface area contributed by atoms with Crippen LogP contribution >= 0.6 is 15.9 Å². The molecule has 1 saturated heterocycles. The maximum Gasteiger partial charge on any atom is 0.253 e. The summed E-state index contributed by atoms with van der Waals surface area (Å²) in [7, 11) is 0. The Bertz CT molecular complexity index is 1360. The number of carbonyl (C=O) groups is 1. The first-order chi connectivity index (χ1) is 16.6. The number of amides is 1. The molecule has 0 saturated carbocycles. The van der Waals surface area contributed by atoms with Crippen molar-refractivity contribution in [2.24, 2.45) is 0 Å². The van der Waals surface area contributed by atoms with Crippen molar-refractivity contribution < 1.29 is 4.79 Å². The lowest BCUT2D eigenvalue weighted by Crippen LogP contribution is -2.39. The second-order valence-electron chi connectivity index (χ2n) is 8.29. The second-order valence-corrected chi connectivity index (χ2v) is 9.14. The Morgan fingerprint density at radius 1 is 1.24 bits per heavy atom. The molecular formula is C25H22BrN7O. The Labute approximate surface area is 205 Å².